The predicted octanol–water partition coefficient (Wildman–Crippen LogP) is 3.27. The van der Waals surface area contributed by atoms with Gasteiger partial charge in [0.1, 0.15) is 12.2 Å². The molecule has 3 rings (SSSR count). The SMILES string of the molecule is N=CN=C(N)c1sc(N2CCOCC2)nc1-c1ccc(Cl)cc1Cl. The van der Waals surface area contributed by atoms with Gasteiger partial charge in [-0.25, -0.2) is 9.98 Å². The minimum Gasteiger partial charge on any atom is -0.382 e. The van der Waals surface area contributed by atoms with Crippen LogP contribution >= 0.6 is 34.5 Å². The highest BCUT2D eigenvalue weighted by Crippen LogP contribution is 2.37. The van der Waals surface area contributed by atoms with Crippen LogP contribution in [0.15, 0.2) is 23.2 Å². The van der Waals surface area contributed by atoms with Gasteiger partial charge in [0.05, 0.1) is 28.8 Å². The second-order valence-electron chi connectivity index (χ2n) is 5.04. The Balaban J connectivity index is 2.10. The van der Waals surface area contributed by atoms with Gasteiger partial charge in [-0.05, 0) is 18.2 Å². The summed E-state index contributed by atoms with van der Waals surface area (Å²) in [5.74, 6) is 0.239. The van der Waals surface area contributed by atoms with Gasteiger partial charge in [0, 0.05) is 23.7 Å². The molecule has 0 saturated carbocycles. The van der Waals surface area contributed by atoms with Crippen LogP contribution in [0.5, 0.6) is 0 Å². The van der Waals surface area contributed by atoms with Crippen LogP contribution in [0.4, 0.5) is 5.13 Å². The van der Waals surface area contributed by atoms with E-state index in [1.54, 1.807) is 12.1 Å². The Morgan fingerprint density at radius 3 is 2.79 bits per heavy atom. The fourth-order valence-corrected chi connectivity index (χ4v) is 3.90. The Morgan fingerprint density at radius 2 is 2.12 bits per heavy atom. The topological polar surface area (TPSA) is 87.6 Å². The van der Waals surface area contributed by atoms with Gasteiger partial charge in [-0.3, -0.25) is 5.41 Å². The van der Waals surface area contributed by atoms with Crippen LogP contribution in [-0.2, 0) is 4.74 Å². The van der Waals surface area contributed by atoms with Crippen molar-refractivity contribution in [1.29, 1.82) is 5.41 Å². The van der Waals surface area contributed by atoms with E-state index in [1.165, 1.54) is 11.3 Å². The van der Waals surface area contributed by atoms with Crippen LogP contribution in [0.2, 0.25) is 10.0 Å². The van der Waals surface area contributed by atoms with E-state index < -0.39 is 0 Å². The molecule has 6 nitrogen and oxygen atoms in total. The third-order valence-electron chi connectivity index (χ3n) is 3.52. The number of benzene rings is 1. The second-order valence-corrected chi connectivity index (χ2v) is 6.86. The molecule has 1 fully saturated rings. The molecule has 9 heteroatoms. The Bertz CT molecular complexity index is 786. The van der Waals surface area contributed by atoms with Gasteiger partial charge in [-0.2, -0.15) is 0 Å². The molecule has 3 N–H and O–H groups in total. The molecule has 126 valence electrons. The molecule has 1 saturated heterocycles. The quantitative estimate of drug-likeness (QED) is 0.626. The molecule has 1 aliphatic heterocycles. The molecule has 1 aromatic heterocycles. The van der Waals surface area contributed by atoms with Crippen molar-refractivity contribution in [3.05, 3.63) is 33.1 Å². The molecule has 0 aliphatic carbocycles. The first-order chi connectivity index (χ1) is 11.6. The molecule has 0 radical (unpaired) electrons. The average molecular weight is 384 g/mol. The Labute approximate surface area is 153 Å². The molecule has 0 atom stereocenters. The molecular weight excluding hydrogens is 369 g/mol. The van der Waals surface area contributed by atoms with Crippen LogP contribution in [0.1, 0.15) is 4.88 Å². The van der Waals surface area contributed by atoms with Crippen molar-refractivity contribution >= 4 is 51.8 Å². The summed E-state index contributed by atoms with van der Waals surface area (Å²) in [7, 11) is 0. The second kappa shape index (κ2) is 7.48. The number of aromatic nitrogens is 1. The van der Waals surface area contributed by atoms with E-state index in [4.69, 9.17) is 44.1 Å². The van der Waals surface area contributed by atoms with E-state index in [2.05, 4.69) is 9.89 Å². The molecule has 1 aliphatic rings. The first-order valence-electron chi connectivity index (χ1n) is 7.21. The molecular formula is C15H15Cl2N5OS. The molecule has 0 amide bonds. The predicted molar refractivity (Wildman–Crippen MR) is 100 cm³/mol. The zero-order valence-corrected chi connectivity index (χ0v) is 15.0. The first-order valence-corrected chi connectivity index (χ1v) is 8.79. The van der Waals surface area contributed by atoms with Crippen LogP contribution in [-0.4, -0.2) is 43.5 Å². The smallest absolute Gasteiger partial charge is 0.186 e. The number of amidine groups is 1. The molecule has 2 heterocycles. The highest BCUT2D eigenvalue weighted by molar-refractivity contribution is 7.18. The van der Waals surface area contributed by atoms with E-state index in [9.17, 15) is 0 Å². The molecule has 24 heavy (non-hydrogen) atoms. The minimum atomic E-state index is 0.239. The average Bonchev–Trinajstić information content (AvgIpc) is 3.01. The largest absolute Gasteiger partial charge is 0.382 e. The van der Waals surface area contributed by atoms with E-state index in [-0.39, 0.29) is 5.84 Å². The summed E-state index contributed by atoms with van der Waals surface area (Å²) < 4.78 is 5.38. The lowest BCUT2D eigenvalue weighted by atomic mass is 10.1. The van der Waals surface area contributed by atoms with E-state index in [0.29, 0.717) is 33.8 Å². The molecule has 0 spiro atoms. The number of morpholine rings is 1. The Morgan fingerprint density at radius 1 is 1.38 bits per heavy atom. The number of hydrogen-bond donors (Lipinski definition) is 2. The van der Waals surface area contributed by atoms with Crippen molar-refractivity contribution in [1.82, 2.24) is 4.98 Å². The van der Waals surface area contributed by atoms with E-state index in [0.717, 1.165) is 30.1 Å². The number of nitrogens with zero attached hydrogens (tertiary/aromatic N) is 3. The molecule has 0 bridgehead atoms. The van der Waals surface area contributed by atoms with Gasteiger partial charge in [-0.1, -0.05) is 34.5 Å². The lowest BCUT2D eigenvalue weighted by molar-refractivity contribution is 0.122. The third kappa shape index (κ3) is 3.54. The fourth-order valence-electron chi connectivity index (χ4n) is 2.36. The number of hydrogen-bond acceptors (Lipinski definition) is 5. The van der Waals surface area contributed by atoms with Crippen LogP contribution in [0, 0.1) is 5.41 Å². The summed E-state index contributed by atoms with van der Waals surface area (Å²) in [5.41, 5.74) is 7.40. The molecule has 0 unspecified atom stereocenters. The van der Waals surface area contributed by atoms with Crippen LogP contribution < -0.4 is 10.6 Å². The number of anilines is 1. The normalized spacial score (nSPS) is 15.6. The summed E-state index contributed by atoms with van der Waals surface area (Å²) >= 11 is 13.7. The zero-order chi connectivity index (χ0) is 17.1. The van der Waals surface area contributed by atoms with Crippen molar-refractivity contribution < 1.29 is 4.74 Å². The lowest BCUT2D eigenvalue weighted by Crippen LogP contribution is -2.36. The van der Waals surface area contributed by atoms with Crippen LogP contribution in [0.25, 0.3) is 11.3 Å². The van der Waals surface area contributed by atoms with Crippen LogP contribution in [0.3, 0.4) is 0 Å². The number of nitrogens with one attached hydrogen (secondary N) is 1. The fraction of sp³-hybridized carbons (Fsp3) is 0.267. The number of nitrogens with two attached hydrogens (primary N) is 1. The number of halogens is 2. The van der Waals surface area contributed by atoms with Gasteiger partial charge < -0.3 is 15.4 Å². The highest BCUT2D eigenvalue weighted by Gasteiger charge is 2.22. The molecule has 1 aromatic carbocycles. The Hall–Kier alpha value is -1.67. The number of rotatable bonds is 4. The number of aliphatic imine (C=N–C) groups is 1. The Kier molecular flexibility index (Phi) is 5.35. The number of ether oxygens (including phenoxy) is 1. The van der Waals surface area contributed by atoms with Gasteiger partial charge in [0.25, 0.3) is 0 Å². The summed E-state index contributed by atoms with van der Waals surface area (Å²) in [4.78, 5) is 11.4. The summed E-state index contributed by atoms with van der Waals surface area (Å²) in [6, 6.07) is 5.23. The van der Waals surface area contributed by atoms with Crippen molar-refractivity contribution in [3.63, 3.8) is 0 Å². The van der Waals surface area contributed by atoms with Gasteiger partial charge in [-0.15, -0.1) is 0 Å². The monoisotopic (exact) mass is 383 g/mol. The van der Waals surface area contributed by atoms with E-state index >= 15 is 0 Å². The minimum absolute atomic E-state index is 0.239. The van der Waals surface area contributed by atoms with Crippen molar-refractivity contribution in [2.75, 3.05) is 31.2 Å². The summed E-state index contributed by atoms with van der Waals surface area (Å²) in [5, 5.41) is 9.02. The lowest BCUT2D eigenvalue weighted by Gasteiger charge is -2.26. The van der Waals surface area contributed by atoms with Crippen molar-refractivity contribution in [2.45, 2.75) is 0 Å². The molecule has 2 aromatic rings. The first kappa shape index (κ1) is 17.2. The third-order valence-corrected chi connectivity index (χ3v) is 5.21. The summed E-state index contributed by atoms with van der Waals surface area (Å²) in [6.45, 7) is 2.86. The zero-order valence-electron chi connectivity index (χ0n) is 12.6. The number of thiazole rings is 1. The maximum absolute atomic E-state index is 7.15. The van der Waals surface area contributed by atoms with Gasteiger partial charge in [0.15, 0.2) is 5.13 Å². The maximum Gasteiger partial charge on any atom is 0.186 e. The highest BCUT2D eigenvalue weighted by atomic mass is 35.5. The van der Waals surface area contributed by atoms with Gasteiger partial charge >= 0.3 is 0 Å². The standard InChI is InChI=1S/C15H15Cl2N5OS/c16-9-1-2-10(11(17)7-9)12-13(14(19)20-8-18)24-15(21-12)22-3-5-23-6-4-22/h1-2,7-8H,3-6H2,(H3,18,19,20). The van der Waals surface area contributed by atoms with E-state index in [1.807, 2.05) is 6.07 Å². The summed E-state index contributed by atoms with van der Waals surface area (Å²) in [6.07, 6.45) is 0.913. The van der Waals surface area contributed by atoms with Crippen molar-refractivity contribution in [2.24, 2.45) is 10.7 Å². The van der Waals surface area contributed by atoms with Crippen molar-refractivity contribution in [3.8, 4) is 11.3 Å². The maximum atomic E-state index is 7.15. The van der Waals surface area contributed by atoms with Gasteiger partial charge in [0.2, 0.25) is 0 Å².